The Balaban J connectivity index is 1.70. The topological polar surface area (TPSA) is 57.5 Å². The largest absolute Gasteiger partial charge is 0.399 e. The highest BCUT2D eigenvalue weighted by Gasteiger charge is 2.04. The number of hydrazone groups is 1. The first-order valence-electron chi connectivity index (χ1n) is 8.48. The summed E-state index contributed by atoms with van der Waals surface area (Å²) in [5, 5.41) is 9.92. The van der Waals surface area contributed by atoms with Gasteiger partial charge in [-0.2, -0.15) is 5.10 Å². The van der Waals surface area contributed by atoms with Crippen molar-refractivity contribution in [3.63, 3.8) is 0 Å². The van der Waals surface area contributed by atoms with Crippen molar-refractivity contribution in [2.24, 2.45) is 12.1 Å². The molecular formula is C21H24N5+. The van der Waals surface area contributed by atoms with E-state index in [2.05, 4.69) is 22.6 Å². The lowest BCUT2D eigenvalue weighted by Gasteiger charge is -2.15. The third-order valence-electron chi connectivity index (χ3n) is 4.14. The summed E-state index contributed by atoms with van der Waals surface area (Å²) in [7, 11) is 3.96. The lowest BCUT2D eigenvalue weighted by atomic mass is 10.2. The molecule has 1 heterocycles. The maximum atomic E-state index is 5.72. The second-order valence-corrected chi connectivity index (χ2v) is 6.26. The molecule has 2 aromatic carbocycles. The van der Waals surface area contributed by atoms with Crippen LogP contribution >= 0.6 is 0 Å². The Kier molecular flexibility index (Phi) is 5.17. The van der Waals surface area contributed by atoms with Gasteiger partial charge in [0, 0.05) is 41.8 Å². The number of hydrogen-bond acceptors (Lipinski definition) is 4. The van der Waals surface area contributed by atoms with Crippen molar-refractivity contribution in [3.8, 4) is 0 Å². The van der Waals surface area contributed by atoms with Crippen LogP contribution in [0.2, 0.25) is 0 Å². The fourth-order valence-corrected chi connectivity index (χ4v) is 2.58. The number of nitrogen functional groups attached to an aromatic ring is 1. The number of rotatable bonds is 5. The van der Waals surface area contributed by atoms with Gasteiger partial charge in [0.05, 0.1) is 11.4 Å². The van der Waals surface area contributed by atoms with E-state index in [4.69, 9.17) is 5.73 Å². The maximum absolute atomic E-state index is 5.72. The molecule has 0 spiro atoms. The molecule has 0 aliphatic heterocycles. The number of nitrogens with zero attached hydrogens (tertiary/aromatic N) is 3. The predicted molar refractivity (Wildman–Crippen MR) is 109 cm³/mol. The molecule has 0 bridgehead atoms. The molecule has 0 unspecified atom stereocenters. The standard InChI is InChI=1S/C21H23N5/c1-16(17-12-14-25(2)15-13-17)24-26(3)21-10-8-20(9-11-21)23-19-6-4-18(22)5-7-19/h4-15,22,24H,1-3H3/p+1. The van der Waals surface area contributed by atoms with Gasteiger partial charge < -0.3 is 11.1 Å². The van der Waals surface area contributed by atoms with Gasteiger partial charge in [0.2, 0.25) is 0 Å². The van der Waals surface area contributed by atoms with Gasteiger partial charge in [0.25, 0.3) is 0 Å². The van der Waals surface area contributed by atoms with E-state index in [0.29, 0.717) is 0 Å². The zero-order valence-electron chi connectivity index (χ0n) is 15.3. The maximum Gasteiger partial charge on any atom is 0.169 e. The van der Waals surface area contributed by atoms with Crippen molar-refractivity contribution in [2.45, 2.75) is 6.92 Å². The molecule has 0 radical (unpaired) electrons. The molecule has 0 amide bonds. The number of aryl methyl sites for hydroxylation is 1. The molecule has 3 aromatic rings. The van der Waals surface area contributed by atoms with Crippen LogP contribution in [-0.2, 0) is 7.05 Å². The van der Waals surface area contributed by atoms with Crippen LogP contribution in [0.1, 0.15) is 12.5 Å². The van der Waals surface area contributed by atoms with Gasteiger partial charge in [-0.1, -0.05) is 0 Å². The summed E-state index contributed by atoms with van der Waals surface area (Å²) >= 11 is 0. The van der Waals surface area contributed by atoms with Gasteiger partial charge >= 0.3 is 0 Å². The highest BCUT2D eigenvalue weighted by atomic mass is 15.4. The van der Waals surface area contributed by atoms with Crippen LogP contribution < -0.4 is 20.6 Å². The average Bonchev–Trinajstić information content (AvgIpc) is 2.64. The quantitative estimate of drug-likeness (QED) is 0.321. The Hall–Kier alpha value is -3.34. The van der Waals surface area contributed by atoms with E-state index < -0.39 is 0 Å². The van der Waals surface area contributed by atoms with E-state index in [1.54, 1.807) is 0 Å². The summed E-state index contributed by atoms with van der Waals surface area (Å²) in [6.45, 7) is 2.02. The van der Waals surface area contributed by atoms with Gasteiger partial charge in [-0.25, -0.2) is 4.57 Å². The fraction of sp³-hybridized carbons (Fsp3) is 0.143. The summed E-state index contributed by atoms with van der Waals surface area (Å²) in [4.78, 5) is 0. The van der Waals surface area contributed by atoms with E-state index in [1.807, 2.05) is 91.5 Å². The number of anilines is 4. The van der Waals surface area contributed by atoms with E-state index in [9.17, 15) is 0 Å². The molecule has 0 aliphatic carbocycles. The third kappa shape index (κ3) is 4.39. The lowest BCUT2D eigenvalue weighted by molar-refractivity contribution is -0.671. The minimum Gasteiger partial charge on any atom is -0.399 e. The van der Waals surface area contributed by atoms with E-state index in [-0.39, 0.29) is 0 Å². The fourth-order valence-electron chi connectivity index (χ4n) is 2.58. The first-order chi connectivity index (χ1) is 12.5. The highest BCUT2D eigenvalue weighted by Crippen LogP contribution is 2.21. The normalized spacial score (nSPS) is 11.3. The molecule has 26 heavy (non-hydrogen) atoms. The van der Waals surface area contributed by atoms with Crippen molar-refractivity contribution in [1.82, 2.24) is 0 Å². The zero-order valence-corrected chi connectivity index (χ0v) is 15.3. The van der Waals surface area contributed by atoms with Crippen LogP contribution in [0.5, 0.6) is 0 Å². The lowest BCUT2D eigenvalue weighted by Crippen LogP contribution is -2.26. The summed E-state index contributed by atoms with van der Waals surface area (Å²) in [5.74, 6) is 0. The molecule has 0 saturated carbocycles. The average molecular weight is 346 g/mol. The van der Waals surface area contributed by atoms with Crippen LogP contribution in [-0.4, -0.2) is 12.8 Å². The van der Waals surface area contributed by atoms with Crippen molar-refractivity contribution < 1.29 is 4.57 Å². The summed E-state index contributed by atoms with van der Waals surface area (Å²) in [5.41, 5.74) is 11.6. The van der Waals surface area contributed by atoms with Gasteiger partial charge in [0.15, 0.2) is 12.4 Å². The molecule has 132 valence electrons. The highest BCUT2D eigenvalue weighted by molar-refractivity contribution is 5.98. The SMILES string of the molecule is CC(=NN(C)c1ccc(Nc2ccc(N)cc2)cc1)c1cc[n+](C)cc1. The van der Waals surface area contributed by atoms with Crippen molar-refractivity contribution >= 4 is 28.5 Å². The van der Waals surface area contributed by atoms with E-state index in [0.717, 1.165) is 34.0 Å². The van der Waals surface area contributed by atoms with Crippen molar-refractivity contribution in [3.05, 3.63) is 78.6 Å². The molecule has 3 rings (SSSR count). The smallest absolute Gasteiger partial charge is 0.169 e. The van der Waals surface area contributed by atoms with Crippen molar-refractivity contribution in [2.75, 3.05) is 23.1 Å². The van der Waals surface area contributed by atoms with Crippen LogP contribution in [0.25, 0.3) is 0 Å². The molecule has 3 N–H and O–H groups in total. The molecule has 5 nitrogen and oxygen atoms in total. The molecule has 1 aromatic heterocycles. The molecule has 5 heteroatoms. The molecule has 0 atom stereocenters. The van der Waals surface area contributed by atoms with E-state index in [1.165, 1.54) is 0 Å². The van der Waals surface area contributed by atoms with Gasteiger partial charge in [-0.05, 0) is 55.5 Å². The summed E-state index contributed by atoms with van der Waals surface area (Å²) in [6.07, 6.45) is 4.04. The Labute approximate surface area is 154 Å². The van der Waals surface area contributed by atoms with Crippen LogP contribution in [0.4, 0.5) is 22.7 Å². The summed E-state index contributed by atoms with van der Waals surface area (Å²) < 4.78 is 2.01. The van der Waals surface area contributed by atoms with Crippen LogP contribution in [0.3, 0.4) is 0 Å². The van der Waals surface area contributed by atoms with Crippen LogP contribution in [0.15, 0.2) is 78.2 Å². The number of nitrogens with one attached hydrogen (secondary N) is 1. The van der Waals surface area contributed by atoms with Gasteiger partial charge in [-0.15, -0.1) is 0 Å². The first kappa shape index (κ1) is 17.5. The van der Waals surface area contributed by atoms with Crippen molar-refractivity contribution in [1.29, 1.82) is 0 Å². The molecule has 0 aliphatic rings. The second kappa shape index (κ2) is 7.70. The third-order valence-corrected chi connectivity index (χ3v) is 4.14. The zero-order chi connectivity index (χ0) is 18.5. The minimum absolute atomic E-state index is 0.757. The Bertz CT molecular complexity index is 881. The molecule has 0 fully saturated rings. The number of aromatic nitrogens is 1. The Morgan fingerprint density at radius 2 is 1.46 bits per heavy atom. The second-order valence-electron chi connectivity index (χ2n) is 6.26. The number of benzene rings is 2. The molecule has 0 saturated heterocycles. The van der Waals surface area contributed by atoms with Crippen LogP contribution in [0, 0.1) is 0 Å². The number of pyridine rings is 1. The van der Waals surface area contributed by atoms with Gasteiger partial charge in [0.1, 0.15) is 7.05 Å². The number of nitrogens with two attached hydrogens (primary N) is 1. The Morgan fingerprint density at radius 3 is 2.04 bits per heavy atom. The monoisotopic (exact) mass is 346 g/mol. The minimum atomic E-state index is 0.757. The first-order valence-corrected chi connectivity index (χ1v) is 8.48. The number of hydrogen-bond donors (Lipinski definition) is 2. The van der Waals surface area contributed by atoms with Gasteiger partial charge in [-0.3, -0.25) is 5.01 Å². The van der Waals surface area contributed by atoms with E-state index >= 15 is 0 Å². The predicted octanol–water partition coefficient (Wildman–Crippen LogP) is 3.70. The summed E-state index contributed by atoms with van der Waals surface area (Å²) in [6, 6.07) is 20.0. The Morgan fingerprint density at radius 1 is 0.923 bits per heavy atom. The molecular weight excluding hydrogens is 322 g/mol.